The minimum atomic E-state index is -4.13. The van der Waals surface area contributed by atoms with Gasteiger partial charge in [-0.25, -0.2) is 8.42 Å². The average molecular weight is 480 g/mol. The Balaban J connectivity index is 1.99. The summed E-state index contributed by atoms with van der Waals surface area (Å²) in [6.45, 7) is 1.36. The Bertz CT molecular complexity index is 1300. The number of aryl methyl sites for hydroxylation is 1. The number of anilines is 2. The standard InChI is InChI=1S/C25H25N3O5S/c1-18-4-11-22(12-5-18)34(30,31)28(23-16-21(32-2)10-13-24(23)33-3)17-25(29)27-20-8-6-19(7-9-20)14-15-26/h4-13,16H,14,17H2,1-3H3,(H,27,29). The van der Waals surface area contributed by atoms with E-state index >= 15 is 0 Å². The SMILES string of the molecule is COc1ccc(OC)c(N(CC(=O)Nc2ccc(CC#N)cc2)S(=O)(=O)c2ccc(C)cc2)c1. The van der Waals surface area contributed by atoms with Gasteiger partial charge in [0.05, 0.1) is 37.3 Å². The molecule has 0 heterocycles. The fourth-order valence-corrected chi connectivity index (χ4v) is 4.68. The summed E-state index contributed by atoms with van der Waals surface area (Å²) in [5.74, 6) is 0.132. The van der Waals surface area contributed by atoms with Gasteiger partial charge in [-0.05, 0) is 48.9 Å². The molecule has 0 atom stereocenters. The van der Waals surface area contributed by atoms with Crippen molar-refractivity contribution >= 4 is 27.3 Å². The highest BCUT2D eigenvalue weighted by Crippen LogP contribution is 2.35. The summed E-state index contributed by atoms with van der Waals surface area (Å²) in [6.07, 6.45) is 0.256. The number of nitrogens with one attached hydrogen (secondary N) is 1. The number of nitrogens with zero attached hydrogens (tertiary/aromatic N) is 2. The zero-order chi connectivity index (χ0) is 24.7. The molecule has 3 rings (SSSR count). The van der Waals surface area contributed by atoms with E-state index in [1.54, 1.807) is 48.5 Å². The topological polar surface area (TPSA) is 109 Å². The third kappa shape index (κ3) is 5.66. The highest BCUT2D eigenvalue weighted by Gasteiger charge is 2.30. The first-order valence-electron chi connectivity index (χ1n) is 10.4. The molecule has 8 nitrogen and oxygen atoms in total. The molecule has 3 aromatic rings. The fourth-order valence-electron chi connectivity index (χ4n) is 3.26. The van der Waals surface area contributed by atoms with Gasteiger partial charge in [-0.3, -0.25) is 9.10 Å². The van der Waals surface area contributed by atoms with E-state index in [1.807, 2.05) is 6.92 Å². The van der Waals surface area contributed by atoms with E-state index in [2.05, 4.69) is 11.4 Å². The van der Waals surface area contributed by atoms with E-state index in [9.17, 15) is 13.2 Å². The lowest BCUT2D eigenvalue weighted by Gasteiger charge is -2.26. The molecule has 0 aliphatic carbocycles. The number of benzene rings is 3. The molecule has 0 unspecified atom stereocenters. The number of methoxy groups -OCH3 is 2. The van der Waals surface area contributed by atoms with Crippen molar-refractivity contribution in [2.75, 3.05) is 30.4 Å². The van der Waals surface area contributed by atoms with Gasteiger partial charge in [0, 0.05) is 11.8 Å². The van der Waals surface area contributed by atoms with Crippen molar-refractivity contribution in [3.8, 4) is 17.6 Å². The maximum Gasteiger partial charge on any atom is 0.264 e. The Hall–Kier alpha value is -4.03. The molecular formula is C25H25N3O5S. The predicted octanol–water partition coefficient (Wildman–Crippen LogP) is 3.91. The molecule has 0 aliphatic heterocycles. The summed E-state index contributed by atoms with van der Waals surface area (Å²) < 4.78 is 38.9. The lowest BCUT2D eigenvalue weighted by atomic mass is 10.1. The summed E-state index contributed by atoms with van der Waals surface area (Å²) in [5, 5.41) is 11.5. The normalized spacial score (nSPS) is 10.8. The second kappa shape index (κ2) is 10.7. The van der Waals surface area contributed by atoms with Crippen LogP contribution in [0.1, 0.15) is 11.1 Å². The molecule has 1 amide bonds. The summed E-state index contributed by atoms with van der Waals surface area (Å²) >= 11 is 0. The molecule has 0 aliphatic rings. The first-order valence-corrected chi connectivity index (χ1v) is 11.8. The van der Waals surface area contributed by atoms with E-state index in [1.165, 1.54) is 32.4 Å². The van der Waals surface area contributed by atoms with Crippen molar-refractivity contribution in [3.63, 3.8) is 0 Å². The van der Waals surface area contributed by atoms with Crippen LogP contribution >= 0.6 is 0 Å². The number of amides is 1. The first-order chi connectivity index (χ1) is 16.3. The van der Waals surface area contributed by atoms with Gasteiger partial charge in [-0.2, -0.15) is 5.26 Å². The molecule has 34 heavy (non-hydrogen) atoms. The molecule has 0 saturated heterocycles. The Morgan fingerprint density at radius 1 is 1.00 bits per heavy atom. The van der Waals surface area contributed by atoms with Gasteiger partial charge >= 0.3 is 0 Å². The average Bonchev–Trinajstić information content (AvgIpc) is 2.83. The minimum absolute atomic E-state index is 0.0385. The summed E-state index contributed by atoms with van der Waals surface area (Å²) in [6, 6.07) is 19.9. The Kier molecular flexibility index (Phi) is 7.76. The minimum Gasteiger partial charge on any atom is -0.497 e. The second-order valence-corrected chi connectivity index (χ2v) is 9.30. The summed E-state index contributed by atoms with van der Waals surface area (Å²) in [4.78, 5) is 13.0. The largest absolute Gasteiger partial charge is 0.497 e. The van der Waals surface area contributed by atoms with Crippen LogP contribution in [0.3, 0.4) is 0 Å². The van der Waals surface area contributed by atoms with Crippen LogP contribution in [-0.4, -0.2) is 35.1 Å². The van der Waals surface area contributed by atoms with Gasteiger partial charge in [0.2, 0.25) is 5.91 Å². The molecule has 1 N–H and O–H groups in total. The molecule has 176 valence electrons. The van der Waals surface area contributed by atoms with Crippen LogP contribution in [-0.2, 0) is 21.2 Å². The van der Waals surface area contributed by atoms with Crippen LogP contribution in [0.5, 0.6) is 11.5 Å². The highest BCUT2D eigenvalue weighted by atomic mass is 32.2. The van der Waals surface area contributed by atoms with E-state index in [-0.39, 0.29) is 22.8 Å². The number of hydrogen-bond donors (Lipinski definition) is 1. The predicted molar refractivity (Wildman–Crippen MR) is 130 cm³/mol. The van der Waals surface area contributed by atoms with Crippen LogP contribution in [0, 0.1) is 18.3 Å². The molecule has 0 bridgehead atoms. The summed E-state index contributed by atoms with van der Waals surface area (Å²) in [5.41, 5.74) is 2.37. The molecule has 9 heteroatoms. The van der Waals surface area contributed by atoms with Crippen LogP contribution < -0.4 is 19.1 Å². The van der Waals surface area contributed by atoms with Gasteiger partial charge in [0.15, 0.2) is 0 Å². The Morgan fingerprint density at radius 2 is 1.68 bits per heavy atom. The number of rotatable bonds is 9. The first kappa shape index (κ1) is 24.6. The number of carbonyl (C=O) groups is 1. The zero-order valence-corrected chi connectivity index (χ0v) is 19.9. The van der Waals surface area contributed by atoms with Gasteiger partial charge in [-0.15, -0.1) is 0 Å². The van der Waals surface area contributed by atoms with E-state index < -0.39 is 22.5 Å². The van der Waals surface area contributed by atoms with Crippen LogP contribution in [0.2, 0.25) is 0 Å². The molecule has 0 aromatic heterocycles. The van der Waals surface area contributed by atoms with E-state index in [4.69, 9.17) is 14.7 Å². The van der Waals surface area contributed by atoms with Crippen molar-refractivity contribution in [1.29, 1.82) is 5.26 Å². The number of hydrogen-bond acceptors (Lipinski definition) is 6. The van der Waals surface area contributed by atoms with Crippen molar-refractivity contribution < 1.29 is 22.7 Å². The Labute approximate surface area is 199 Å². The number of ether oxygens (including phenoxy) is 2. The smallest absolute Gasteiger partial charge is 0.264 e. The highest BCUT2D eigenvalue weighted by molar-refractivity contribution is 7.92. The molecule has 3 aromatic carbocycles. The third-order valence-corrected chi connectivity index (χ3v) is 6.85. The number of sulfonamides is 1. The van der Waals surface area contributed by atoms with Gasteiger partial charge in [-0.1, -0.05) is 29.8 Å². The van der Waals surface area contributed by atoms with Crippen molar-refractivity contribution in [2.24, 2.45) is 0 Å². The number of nitriles is 1. The van der Waals surface area contributed by atoms with Crippen molar-refractivity contribution in [3.05, 3.63) is 77.9 Å². The maximum absolute atomic E-state index is 13.6. The lowest BCUT2D eigenvalue weighted by Crippen LogP contribution is -2.38. The van der Waals surface area contributed by atoms with Gasteiger partial charge in [0.1, 0.15) is 18.0 Å². The molecular weight excluding hydrogens is 454 g/mol. The fraction of sp³-hybridized carbons (Fsp3) is 0.200. The number of carbonyl (C=O) groups excluding carboxylic acids is 1. The monoisotopic (exact) mass is 479 g/mol. The van der Waals surface area contributed by atoms with Crippen molar-refractivity contribution in [1.82, 2.24) is 0 Å². The zero-order valence-electron chi connectivity index (χ0n) is 19.1. The van der Waals surface area contributed by atoms with Gasteiger partial charge < -0.3 is 14.8 Å². The molecule has 0 fully saturated rings. The van der Waals surface area contributed by atoms with Crippen LogP contribution in [0.4, 0.5) is 11.4 Å². The van der Waals surface area contributed by atoms with Crippen LogP contribution in [0.25, 0.3) is 0 Å². The lowest BCUT2D eigenvalue weighted by molar-refractivity contribution is -0.114. The van der Waals surface area contributed by atoms with E-state index in [0.717, 1.165) is 15.4 Å². The molecule has 0 spiro atoms. The maximum atomic E-state index is 13.6. The quantitative estimate of drug-likeness (QED) is 0.498. The van der Waals surface area contributed by atoms with E-state index in [0.29, 0.717) is 11.4 Å². The molecule has 0 radical (unpaired) electrons. The van der Waals surface area contributed by atoms with Crippen molar-refractivity contribution in [2.45, 2.75) is 18.2 Å². The summed E-state index contributed by atoms with van der Waals surface area (Å²) in [7, 11) is -1.24. The Morgan fingerprint density at radius 3 is 2.26 bits per heavy atom. The second-order valence-electron chi connectivity index (χ2n) is 7.44. The molecule has 0 saturated carbocycles. The third-order valence-electron chi connectivity index (χ3n) is 5.07. The van der Waals surface area contributed by atoms with Gasteiger partial charge in [0.25, 0.3) is 10.0 Å². The van der Waals surface area contributed by atoms with Crippen LogP contribution in [0.15, 0.2) is 71.6 Å².